The molecule has 1 aliphatic heterocycles. The summed E-state index contributed by atoms with van der Waals surface area (Å²) < 4.78 is 11.2. The summed E-state index contributed by atoms with van der Waals surface area (Å²) in [6.45, 7) is 13.8. The standard InChI is InChI=1S/C27H35BrCl2N6O4/c1-25(2,3)39-23(37)34-21-19(18(31)15-9-8-10-16(29)17(15)30)32-20(28)22(33-21)36-13-11-27(7,12-14-36)35-24(38)40-26(4,5)6/h8-10,31H,11-14H2,1-7H3,(H,35,38)(H,33,34,37). The predicted octanol–water partition coefficient (Wildman–Crippen LogP) is 7.19. The molecule has 2 amide bonds. The SMILES string of the molecule is CC1(NC(=O)OC(C)(C)C)CCN(c2nc(NC(=O)OC(C)(C)C)c(C(=N)c3cccc(Cl)c3Cl)nc2Br)CC1. The maximum atomic E-state index is 12.7. The molecule has 218 valence electrons. The molecule has 0 radical (unpaired) electrons. The molecule has 1 aliphatic rings. The van der Waals surface area contributed by atoms with Crippen LogP contribution in [0, 0.1) is 5.41 Å². The Bertz CT molecular complexity index is 1300. The third kappa shape index (κ3) is 8.44. The molecule has 0 bridgehead atoms. The average Bonchev–Trinajstić information content (AvgIpc) is 2.79. The lowest BCUT2D eigenvalue weighted by molar-refractivity contribution is 0.0447. The third-order valence-electron chi connectivity index (χ3n) is 5.88. The predicted molar refractivity (Wildman–Crippen MR) is 161 cm³/mol. The summed E-state index contributed by atoms with van der Waals surface area (Å²) in [4.78, 5) is 36.4. The number of halogens is 3. The molecule has 0 spiro atoms. The van der Waals surface area contributed by atoms with Gasteiger partial charge in [-0.2, -0.15) is 0 Å². The number of hydrogen-bond donors (Lipinski definition) is 3. The molecular weight excluding hydrogens is 623 g/mol. The molecule has 0 saturated carbocycles. The number of alkyl carbamates (subject to hydrolysis) is 1. The normalized spacial score (nSPS) is 15.3. The quantitative estimate of drug-likeness (QED) is 0.290. The van der Waals surface area contributed by atoms with Gasteiger partial charge in [-0.15, -0.1) is 0 Å². The maximum absolute atomic E-state index is 12.7. The Labute approximate surface area is 253 Å². The first-order valence-electron chi connectivity index (χ1n) is 12.7. The zero-order valence-electron chi connectivity index (χ0n) is 23.7. The van der Waals surface area contributed by atoms with Crippen LogP contribution in [0.15, 0.2) is 22.8 Å². The van der Waals surface area contributed by atoms with E-state index in [2.05, 4.69) is 31.5 Å². The van der Waals surface area contributed by atoms with Gasteiger partial charge in [-0.3, -0.25) is 10.7 Å². The molecule has 3 N–H and O–H groups in total. The van der Waals surface area contributed by atoms with E-state index < -0.39 is 28.9 Å². The zero-order chi connectivity index (χ0) is 30.0. The first-order chi connectivity index (χ1) is 18.4. The van der Waals surface area contributed by atoms with Crippen molar-refractivity contribution in [2.75, 3.05) is 23.3 Å². The Hall–Kier alpha value is -2.63. The average molecular weight is 658 g/mol. The highest BCUT2D eigenvalue weighted by molar-refractivity contribution is 9.10. The Morgan fingerprint density at radius 1 is 1.02 bits per heavy atom. The van der Waals surface area contributed by atoms with Gasteiger partial charge in [-0.25, -0.2) is 19.6 Å². The van der Waals surface area contributed by atoms with Gasteiger partial charge in [-0.05, 0) is 83.3 Å². The Kier molecular flexibility index (Phi) is 9.63. The van der Waals surface area contributed by atoms with Gasteiger partial charge in [0.2, 0.25) is 0 Å². The summed E-state index contributed by atoms with van der Waals surface area (Å²) in [7, 11) is 0. The van der Waals surface area contributed by atoms with E-state index in [-0.39, 0.29) is 27.3 Å². The summed E-state index contributed by atoms with van der Waals surface area (Å²) >= 11 is 16.1. The van der Waals surface area contributed by atoms with Crippen LogP contribution in [0.25, 0.3) is 0 Å². The second-order valence-electron chi connectivity index (χ2n) is 11.8. The number of carbonyl (C=O) groups is 2. The van der Waals surface area contributed by atoms with Crippen LogP contribution in [-0.4, -0.2) is 57.7 Å². The summed E-state index contributed by atoms with van der Waals surface area (Å²) in [6, 6.07) is 4.93. The van der Waals surface area contributed by atoms with Gasteiger partial charge in [0.1, 0.15) is 21.5 Å². The Morgan fingerprint density at radius 2 is 1.60 bits per heavy atom. The number of piperidine rings is 1. The number of anilines is 2. The topological polar surface area (TPSA) is 130 Å². The van der Waals surface area contributed by atoms with Crippen LogP contribution in [0.4, 0.5) is 21.2 Å². The summed E-state index contributed by atoms with van der Waals surface area (Å²) in [5.41, 5.74) is -1.48. The van der Waals surface area contributed by atoms with Crippen LogP contribution in [0.1, 0.15) is 72.6 Å². The molecular formula is C27H35BrCl2N6O4. The van der Waals surface area contributed by atoms with Crippen LogP contribution < -0.4 is 15.5 Å². The van der Waals surface area contributed by atoms with Crippen LogP contribution in [-0.2, 0) is 9.47 Å². The fourth-order valence-corrected chi connectivity index (χ4v) is 4.89. The van der Waals surface area contributed by atoms with Crippen molar-refractivity contribution >= 4 is 68.7 Å². The summed E-state index contributed by atoms with van der Waals surface area (Å²) in [6.07, 6.45) is 0.0281. The minimum atomic E-state index is -0.752. The summed E-state index contributed by atoms with van der Waals surface area (Å²) in [5.74, 6) is 0.507. The molecule has 1 aromatic heterocycles. The van der Waals surface area contributed by atoms with Crippen LogP contribution >= 0.6 is 39.1 Å². The minimum absolute atomic E-state index is 0.0358. The molecule has 1 fully saturated rings. The zero-order valence-corrected chi connectivity index (χ0v) is 26.8. The van der Waals surface area contributed by atoms with Crippen molar-refractivity contribution in [2.45, 2.75) is 78.0 Å². The lowest BCUT2D eigenvalue weighted by atomic mass is 9.90. The molecule has 0 atom stereocenters. The fraction of sp³-hybridized carbons (Fsp3) is 0.519. The lowest BCUT2D eigenvalue weighted by Crippen LogP contribution is -2.54. The molecule has 0 unspecified atom stereocenters. The lowest BCUT2D eigenvalue weighted by Gasteiger charge is -2.40. The highest BCUT2D eigenvalue weighted by Crippen LogP contribution is 2.34. The van der Waals surface area contributed by atoms with Crippen molar-refractivity contribution in [2.24, 2.45) is 0 Å². The van der Waals surface area contributed by atoms with Crippen molar-refractivity contribution in [3.8, 4) is 0 Å². The van der Waals surface area contributed by atoms with Gasteiger partial charge in [0.05, 0.1) is 15.8 Å². The van der Waals surface area contributed by atoms with E-state index >= 15 is 0 Å². The number of nitrogens with one attached hydrogen (secondary N) is 3. The maximum Gasteiger partial charge on any atom is 0.413 e. The first kappa shape index (κ1) is 31.9. The number of amides is 2. The summed E-state index contributed by atoms with van der Waals surface area (Å²) in [5, 5.41) is 14.9. The van der Waals surface area contributed by atoms with E-state index in [0.29, 0.717) is 41.9 Å². The molecule has 1 saturated heterocycles. The highest BCUT2D eigenvalue weighted by atomic mass is 79.9. The van der Waals surface area contributed by atoms with E-state index in [1.54, 1.807) is 39.0 Å². The number of aromatic nitrogens is 2. The number of ether oxygens (including phenoxy) is 2. The molecule has 1 aromatic carbocycles. The largest absolute Gasteiger partial charge is 0.444 e. The van der Waals surface area contributed by atoms with Gasteiger partial charge in [0.15, 0.2) is 11.6 Å². The first-order valence-corrected chi connectivity index (χ1v) is 14.3. The minimum Gasteiger partial charge on any atom is -0.444 e. The number of nitrogens with zero attached hydrogens (tertiary/aromatic N) is 3. The van der Waals surface area contributed by atoms with Gasteiger partial charge >= 0.3 is 12.2 Å². The van der Waals surface area contributed by atoms with Gasteiger partial charge in [0, 0.05) is 24.2 Å². The van der Waals surface area contributed by atoms with Gasteiger partial charge < -0.3 is 19.7 Å². The van der Waals surface area contributed by atoms with Crippen molar-refractivity contribution < 1.29 is 19.1 Å². The molecule has 40 heavy (non-hydrogen) atoms. The Morgan fingerprint density at radius 3 is 2.17 bits per heavy atom. The van der Waals surface area contributed by atoms with E-state index in [1.165, 1.54) is 0 Å². The third-order valence-corrected chi connectivity index (χ3v) is 7.23. The monoisotopic (exact) mass is 656 g/mol. The molecule has 2 heterocycles. The van der Waals surface area contributed by atoms with Crippen molar-refractivity contribution in [1.29, 1.82) is 5.41 Å². The molecule has 2 aromatic rings. The van der Waals surface area contributed by atoms with Crippen molar-refractivity contribution in [1.82, 2.24) is 15.3 Å². The smallest absolute Gasteiger partial charge is 0.413 e. The van der Waals surface area contributed by atoms with Crippen molar-refractivity contribution in [3.63, 3.8) is 0 Å². The van der Waals surface area contributed by atoms with Crippen LogP contribution in [0.2, 0.25) is 10.0 Å². The van der Waals surface area contributed by atoms with Gasteiger partial charge in [0.25, 0.3) is 0 Å². The number of hydrogen-bond acceptors (Lipinski definition) is 8. The van der Waals surface area contributed by atoms with Crippen molar-refractivity contribution in [3.05, 3.63) is 44.1 Å². The highest BCUT2D eigenvalue weighted by Gasteiger charge is 2.35. The number of rotatable bonds is 5. The van der Waals surface area contributed by atoms with E-state index in [0.717, 1.165) is 0 Å². The van der Waals surface area contributed by atoms with E-state index in [9.17, 15) is 9.59 Å². The Balaban J connectivity index is 1.91. The van der Waals surface area contributed by atoms with Gasteiger partial charge in [-0.1, -0.05) is 35.3 Å². The second-order valence-corrected chi connectivity index (χ2v) is 13.3. The van der Waals surface area contributed by atoms with Crippen LogP contribution in [0.5, 0.6) is 0 Å². The van der Waals surface area contributed by atoms with E-state index in [1.807, 2.05) is 32.6 Å². The van der Waals surface area contributed by atoms with E-state index in [4.69, 9.17) is 43.1 Å². The molecule has 10 nitrogen and oxygen atoms in total. The molecule has 3 rings (SSSR count). The van der Waals surface area contributed by atoms with Crippen LogP contribution in [0.3, 0.4) is 0 Å². The molecule has 13 heteroatoms. The molecule has 0 aliphatic carbocycles. The number of benzene rings is 1. The fourth-order valence-electron chi connectivity index (χ4n) is 3.98. The number of carbonyl (C=O) groups excluding carboxylic acids is 2. The second kappa shape index (κ2) is 12.1.